The van der Waals surface area contributed by atoms with Crippen LogP contribution in [0.15, 0.2) is 24.0 Å². The standard InChI is InChI=1S/C19H22FN7O2S/c1-12-7-22-25(2)17(12)16-15(20)9-21-19(24-16)26-5-3-14(4-6-26)18(28)27(29)10-13-8-23-30-11-13/h7-9,11,14,29H,3-6,10H2,1-2H3. The van der Waals surface area contributed by atoms with Crippen molar-refractivity contribution in [3.8, 4) is 11.4 Å². The van der Waals surface area contributed by atoms with E-state index in [9.17, 15) is 14.4 Å². The van der Waals surface area contributed by atoms with Gasteiger partial charge in [0.2, 0.25) is 11.9 Å². The Hall–Kier alpha value is -2.92. The summed E-state index contributed by atoms with van der Waals surface area (Å²) in [5.74, 6) is -0.665. The number of nitrogens with zero attached hydrogens (tertiary/aromatic N) is 7. The summed E-state index contributed by atoms with van der Waals surface area (Å²) in [4.78, 5) is 23.1. The Morgan fingerprint density at radius 3 is 2.73 bits per heavy atom. The summed E-state index contributed by atoms with van der Waals surface area (Å²) in [7, 11) is 1.74. The van der Waals surface area contributed by atoms with Crippen LogP contribution in [0.4, 0.5) is 10.3 Å². The molecule has 0 atom stereocenters. The van der Waals surface area contributed by atoms with Gasteiger partial charge in [0.1, 0.15) is 5.69 Å². The van der Waals surface area contributed by atoms with E-state index in [2.05, 4.69) is 19.4 Å². The average molecular weight is 431 g/mol. The zero-order chi connectivity index (χ0) is 21.3. The molecule has 0 spiro atoms. The number of piperidine rings is 1. The van der Waals surface area contributed by atoms with Crippen LogP contribution < -0.4 is 4.90 Å². The van der Waals surface area contributed by atoms with Crippen molar-refractivity contribution in [3.05, 3.63) is 40.9 Å². The second-order valence-electron chi connectivity index (χ2n) is 7.36. The van der Waals surface area contributed by atoms with Crippen LogP contribution in [0.2, 0.25) is 0 Å². The maximum absolute atomic E-state index is 14.4. The fourth-order valence-corrected chi connectivity index (χ4v) is 4.18. The molecule has 3 aromatic heterocycles. The molecule has 0 radical (unpaired) electrons. The van der Waals surface area contributed by atoms with Gasteiger partial charge in [-0.1, -0.05) is 0 Å². The van der Waals surface area contributed by atoms with Crippen LogP contribution in [-0.4, -0.2) is 53.4 Å². The van der Waals surface area contributed by atoms with Crippen molar-refractivity contribution in [1.82, 2.24) is 29.2 Å². The van der Waals surface area contributed by atoms with Crippen molar-refractivity contribution in [2.45, 2.75) is 26.3 Å². The van der Waals surface area contributed by atoms with Crippen molar-refractivity contribution in [3.63, 3.8) is 0 Å². The Morgan fingerprint density at radius 2 is 2.10 bits per heavy atom. The van der Waals surface area contributed by atoms with Gasteiger partial charge >= 0.3 is 0 Å². The molecule has 1 fully saturated rings. The van der Waals surface area contributed by atoms with Gasteiger partial charge in [0.05, 0.1) is 24.6 Å². The third kappa shape index (κ3) is 4.03. The van der Waals surface area contributed by atoms with Gasteiger partial charge in [-0.3, -0.25) is 14.7 Å². The zero-order valence-electron chi connectivity index (χ0n) is 16.7. The van der Waals surface area contributed by atoms with Gasteiger partial charge in [0.25, 0.3) is 0 Å². The lowest BCUT2D eigenvalue weighted by Crippen LogP contribution is -2.41. The van der Waals surface area contributed by atoms with Crippen LogP contribution in [0.1, 0.15) is 24.0 Å². The summed E-state index contributed by atoms with van der Waals surface area (Å²) in [5.41, 5.74) is 2.45. The van der Waals surface area contributed by atoms with Crippen LogP contribution in [0.3, 0.4) is 0 Å². The fraction of sp³-hybridized carbons (Fsp3) is 0.421. The van der Waals surface area contributed by atoms with Gasteiger partial charge in [-0.2, -0.15) is 5.10 Å². The number of aromatic nitrogens is 5. The molecular formula is C19H22FN7O2S. The van der Waals surface area contributed by atoms with Gasteiger partial charge in [-0.15, -0.1) is 0 Å². The summed E-state index contributed by atoms with van der Waals surface area (Å²) in [6.07, 6.45) is 5.58. The van der Waals surface area contributed by atoms with E-state index >= 15 is 0 Å². The molecule has 4 heterocycles. The normalized spacial score (nSPS) is 14.9. The Balaban J connectivity index is 1.43. The van der Waals surface area contributed by atoms with E-state index in [4.69, 9.17) is 0 Å². The number of aryl methyl sites for hydroxylation is 2. The maximum atomic E-state index is 14.4. The van der Waals surface area contributed by atoms with Crippen molar-refractivity contribution in [1.29, 1.82) is 0 Å². The summed E-state index contributed by atoms with van der Waals surface area (Å²) in [6, 6.07) is 0. The van der Waals surface area contributed by atoms with Crippen LogP contribution in [-0.2, 0) is 18.4 Å². The molecule has 4 rings (SSSR count). The number of hydrogen-bond donors (Lipinski definition) is 1. The second kappa shape index (κ2) is 8.44. The molecular weight excluding hydrogens is 409 g/mol. The lowest BCUT2D eigenvalue weighted by molar-refractivity contribution is -0.173. The quantitative estimate of drug-likeness (QED) is 0.489. The first kappa shape index (κ1) is 20.4. The topological polar surface area (TPSA) is 100 Å². The molecule has 1 saturated heterocycles. The van der Waals surface area contributed by atoms with Gasteiger partial charge in [0.15, 0.2) is 5.82 Å². The number of amides is 1. The number of rotatable bonds is 5. The molecule has 1 aliphatic heterocycles. The first-order valence-electron chi connectivity index (χ1n) is 9.59. The van der Waals surface area contributed by atoms with Crippen molar-refractivity contribution < 1.29 is 14.4 Å². The fourth-order valence-electron chi connectivity index (χ4n) is 3.66. The first-order chi connectivity index (χ1) is 14.4. The smallest absolute Gasteiger partial charge is 0.249 e. The number of carbonyl (C=O) groups excluding carboxylic acids is 1. The third-order valence-electron chi connectivity index (χ3n) is 5.27. The predicted molar refractivity (Wildman–Crippen MR) is 108 cm³/mol. The van der Waals surface area contributed by atoms with Crippen LogP contribution in [0.25, 0.3) is 11.4 Å². The second-order valence-corrected chi connectivity index (χ2v) is 8.01. The molecule has 0 bridgehead atoms. The van der Waals surface area contributed by atoms with E-state index < -0.39 is 5.82 Å². The number of halogens is 1. The van der Waals surface area contributed by atoms with Gasteiger partial charge in [0, 0.05) is 43.2 Å². The largest absolute Gasteiger partial charge is 0.341 e. The van der Waals surface area contributed by atoms with Crippen LogP contribution in [0.5, 0.6) is 0 Å². The monoisotopic (exact) mass is 431 g/mol. The van der Waals surface area contributed by atoms with E-state index in [0.29, 0.717) is 37.6 Å². The Morgan fingerprint density at radius 1 is 1.33 bits per heavy atom. The molecule has 0 unspecified atom stereocenters. The molecule has 0 saturated carbocycles. The van der Waals surface area contributed by atoms with Crippen molar-refractivity contribution >= 4 is 23.4 Å². The van der Waals surface area contributed by atoms with E-state index in [1.54, 1.807) is 29.5 Å². The van der Waals surface area contributed by atoms with E-state index in [1.165, 1.54) is 17.7 Å². The highest BCUT2D eigenvalue weighted by Gasteiger charge is 2.30. The molecule has 1 amide bonds. The highest BCUT2D eigenvalue weighted by atomic mass is 32.1. The van der Waals surface area contributed by atoms with E-state index in [1.807, 2.05) is 11.8 Å². The van der Waals surface area contributed by atoms with E-state index in [0.717, 1.165) is 16.2 Å². The van der Waals surface area contributed by atoms with Gasteiger partial charge < -0.3 is 4.90 Å². The summed E-state index contributed by atoms with van der Waals surface area (Å²) in [6.45, 7) is 3.07. The number of hydrogen-bond acceptors (Lipinski definition) is 8. The Labute approximate surface area is 176 Å². The Kier molecular flexibility index (Phi) is 5.73. The minimum Gasteiger partial charge on any atom is -0.341 e. The minimum absolute atomic E-state index is 0.129. The molecule has 158 valence electrons. The van der Waals surface area contributed by atoms with Crippen molar-refractivity contribution in [2.75, 3.05) is 18.0 Å². The summed E-state index contributed by atoms with van der Waals surface area (Å²) in [5, 5.41) is 16.8. The molecule has 11 heteroatoms. The van der Waals surface area contributed by atoms with Crippen molar-refractivity contribution in [2.24, 2.45) is 13.0 Å². The predicted octanol–water partition coefficient (Wildman–Crippen LogP) is 2.42. The summed E-state index contributed by atoms with van der Waals surface area (Å²) >= 11 is 1.28. The van der Waals surface area contributed by atoms with E-state index in [-0.39, 0.29) is 24.1 Å². The molecule has 3 aromatic rings. The highest BCUT2D eigenvalue weighted by molar-refractivity contribution is 7.03. The van der Waals surface area contributed by atoms with Gasteiger partial charge in [-0.25, -0.2) is 23.8 Å². The molecule has 0 aliphatic carbocycles. The zero-order valence-corrected chi connectivity index (χ0v) is 17.5. The number of anilines is 1. The van der Waals surface area contributed by atoms with Crippen LogP contribution in [0, 0.1) is 18.7 Å². The first-order valence-corrected chi connectivity index (χ1v) is 10.4. The number of hydroxylamine groups is 2. The molecule has 1 aliphatic rings. The van der Waals surface area contributed by atoms with Crippen LogP contribution >= 0.6 is 11.5 Å². The lowest BCUT2D eigenvalue weighted by atomic mass is 9.96. The highest BCUT2D eigenvalue weighted by Crippen LogP contribution is 2.27. The minimum atomic E-state index is -0.505. The number of carbonyl (C=O) groups is 1. The maximum Gasteiger partial charge on any atom is 0.249 e. The third-order valence-corrected chi connectivity index (χ3v) is 5.91. The lowest BCUT2D eigenvalue weighted by Gasteiger charge is -2.32. The van der Waals surface area contributed by atoms with Gasteiger partial charge in [-0.05, 0) is 36.9 Å². The molecule has 1 N–H and O–H groups in total. The SMILES string of the molecule is Cc1cnn(C)c1-c1nc(N2CCC(C(=O)N(O)Cc3cnsc3)CC2)ncc1F. The molecule has 0 aromatic carbocycles. The summed E-state index contributed by atoms with van der Waals surface area (Å²) < 4.78 is 20.0. The molecule has 9 nitrogen and oxygen atoms in total. The molecule has 30 heavy (non-hydrogen) atoms. The average Bonchev–Trinajstić information content (AvgIpc) is 3.37. The Bertz CT molecular complexity index is 1010.